The lowest BCUT2D eigenvalue weighted by Gasteiger charge is -2.38. The second-order valence-electron chi connectivity index (χ2n) is 9.17. The van der Waals surface area contributed by atoms with E-state index in [0.717, 1.165) is 12.8 Å². The van der Waals surface area contributed by atoms with Crippen LogP contribution in [0.4, 0.5) is 0 Å². The number of nitrogens with two attached hydrogens (primary N) is 1. The lowest BCUT2D eigenvalue weighted by molar-refractivity contribution is 0.216. The predicted molar refractivity (Wildman–Crippen MR) is 117 cm³/mol. The van der Waals surface area contributed by atoms with Gasteiger partial charge in [-0.1, -0.05) is 117 Å². The highest BCUT2D eigenvalue weighted by Gasteiger charge is 2.47. The third kappa shape index (κ3) is 11.5. The Bertz CT molecular complexity index is 458. The summed E-state index contributed by atoms with van der Waals surface area (Å²) < 4.78 is 32.3. The molecular formula is C22H47NO3S. The third-order valence-corrected chi connectivity index (χ3v) is 7.91. The van der Waals surface area contributed by atoms with Crippen LogP contribution < -0.4 is 5.73 Å². The van der Waals surface area contributed by atoms with Gasteiger partial charge in [-0.05, 0) is 18.8 Å². The Hall–Kier alpha value is -0.130. The van der Waals surface area contributed by atoms with E-state index in [1.54, 1.807) is 0 Å². The fourth-order valence-electron chi connectivity index (χ4n) is 3.54. The van der Waals surface area contributed by atoms with E-state index in [0.29, 0.717) is 6.42 Å². The van der Waals surface area contributed by atoms with E-state index in [2.05, 4.69) is 6.92 Å². The van der Waals surface area contributed by atoms with E-state index < -0.39 is 20.4 Å². The van der Waals surface area contributed by atoms with E-state index in [-0.39, 0.29) is 0 Å². The van der Waals surface area contributed by atoms with Crippen LogP contribution in [0.5, 0.6) is 0 Å². The van der Waals surface area contributed by atoms with E-state index in [9.17, 15) is 13.0 Å². The van der Waals surface area contributed by atoms with Gasteiger partial charge in [0.1, 0.15) is 4.87 Å². The summed E-state index contributed by atoms with van der Waals surface area (Å²) >= 11 is 0. The van der Waals surface area contributed by atoms with Gasteiger partial charge in [-0.3, -0.25) is 4.55 Å². The smallest absolute Gasteiger partial charge is 0.284 e. The SMILES string of the molecule is CCCCCCCCCCCCCCCCCC(C)(C)C(C)(N)S(=O)(=O)O. The van der Waals surface area contributed by atoms with E-state index in [4.69, 9.17) is 5.73 Å². The van der Waals surface area contributed by atoms with Crippen LogP contribution in [0, 0.1) is 5.41 Å². The summed E-state index contributed by atoms with van der Waals surface area (Å²) in [5, 5.41) is 0. The number of hydrogen-bond acceptors (Lipinski definition) is 3. The van der Waals surface area contributed by atoms with Crippen LogP contribution in [0.2, 0.25) is 0 Å². The Morgan fingerprint density at radius 1 is 0.667 bits per heavy atom. The van der Waals surface area contributed by atoms with Crippen LogP contribution in [0.1, 0.15) is 130 Å². The topological polar surface area (TPSA) is 80.4 Å². The first-order valence-corrected chi connectivity index (χ1v) is 12.8. The van der Waals surface area contributed by atoms with Crippen molar-refractivity contribution in [3.8, 4) is 0 Å². The van der Waals surface area contributed by atoms with E-state index in [1.165, 1.54) is 90.4 Å². The summed E-state index contributed by atoms with van der Waals surface area (Å²) in [6.07, 6.45) is 20.4. The zero-order valence-electron chi connectivity index (χ0n) is 18.6. The Labute approximate surface area is 169 Å². The maximum absolute atomic E-state index is 11.5. The van der Waals surface area contributed by atoms with Gasteiger partial charge in [0.05, 0.1) is 0 Å². The van der Waals surface area contributed by atoms with Gasteiger partial charge in [0.15, 0.2) is 0 Å². The molecule has 5 heteroatoms. The third-order valence-electron chi connectivity index (χ3n) is 6.28. The molecular weight excluding hydrogens is 358 g/mol. The maximum atomic E-state index is 11.5. The quantitative estimate of drug-likeness (QED) is 0.193. The summed E-state index contributed by atoms with van der Waals surface area (Å²) in [5.74, 6) is 0. The lowest BCUT2D eigenvalue weighted by Crippen LogP contribution is -2.55. The molecule has 164 valence electrons. The zero-order chi connectivity index (χ0) is 20.8. The fourth-order valence-corrected chi connectivity index (χ4v) is 4.34. The Morgan fingerprint density at radius 3 is 1.26 bits per heavy atom. The average molecular weight is 406 g/mol. The summed E-state index contributed by atoms with van der Waals surface area (Å²) in [6, 6.07) is 0. The summed E-state index contributed by atoms with van der Waals surface area (Å²) in [5.41, 5.74) is 5.25. The molecule has 1 atom stereocenters. The Balaban J connectivity index is 3.55. The van der Waals surface area contributed by atoms with Gasteiger partial charge in [-0.15, -0.1) is 0 Å². The Morgan fingerprint density at radius 2 is 0.963 bits per heavy atom. The van der Waals surface area contributed by atoms with Gasteiger partial charge >= 0.3 is 0 Å². The first-order chi connectivity index (χ1) is 12.6. The monoisotopic (exact) mass is 405 g/mol. The molecule has 0 heterocycles. The lowest BCUT2D eigenvalue weighted by atomic mass is 9.80. The van der Waals surface area contributed by atoms with Crippen LogP contribution in [0.15, 0.2) is 0 Å². The average Bonchev–Trinajstić information content (AvgIpc) is 2.57. The molecule has 0 aliphatic heterocycles. The minimum absolute atomic E-state index is 0.642. The summed E-state index contributed by atoms with van der Waals surface area (Å²) in [6.45, 7) is 7.32. The molecule has 0 spiro atoms. The molecule has 0 aromatic carbocycles. The molecule has 0 amide bonds. The molecule has 1 unspecified atom stereocenters. The standard InChI is InChI=1S/C22H47NO3S/c1-5-6-7-8-9-10-11-12-13-14-15-16-17-18-19-20-21(2,3)22(4,23)27(24,25)26/h5-20,23H2,1-4H3,(H,24,25,26). The molecule has 0 bridgehead atoms. The van der Waals surface area contributed by atoms with Crippen molar-refractivity contribution in [3.63, 3.8) is 0 Å². The molecule has 0 saturated carbocycles. The van der Waals surface area contributed by atoms with Crippen molar-refractivity contribution in [1.29, 1.82) is 0 Å². The molecule has 0 aromatic rings. The minimum Gasteiger partial charge on any atom is -0.310 e. The molecule has 27 heavy (non-hydrogen) atoms. The highest BCUT2D eigenvalue weighted by atomic mass is 32.2. The molecule has 0 rings (SSSR count). The van der Waals surface area contributed by atoms with Crippen molar-refractivity contribution in [2.24, 2.45) is 11.1 Å². The highest BCUT2D eigenvalue weighted by molar-refractivity contribution is 7.87. The van der Waals surface area contributed by atoms with Crippen molar-refractivity contribution in [3.05, 3.63) is 0 Å². The number of unbranched alkanes of at least 4 members (excludes halogenated alkanes) is 14. The van der Waals surface area contributed by atoms with E-state index >= 15 is 0 Å². The second-order valence-corrected chi connectivity index (χ2v) is 11.0. The van der Waals surface area contributed by atoms with Gasteiger partial charge in [0.2, 0.25) is 0 Å². The fraction of sp³-hybridized carbons (Fsp3) is 1.00. The first kappa shape index (κ1) is 26.9. The molecule has 0 radical (unpaired) electrons. The van der Waals surface area contributed by atoms with Crippen LogP contribution in [0.3, 0.4) is 0 Å². The van der Waals surface area contributed by atoms with Gasteiger partial charge in [-0.2, -0.15) is 8.42 Å². The normalized spacial score (nSPS) is 15.0. The molecule has 0 aliphatic rings. The maximum Gasteiger partial charge on any atom is 0.284 e. The van der Waals surface area contributed by atoms with Gasteiger partial charge in [0.25, 0.3) is 10.1 Å². The first-order valence-electron chi connectivity index (χ1n) is 11.3. The predicted octanol–water partition coefficient (Wildman–Crippen LogP) is 6.84. The summed E-state index contributed by atoms with van der Waals surface area (Å²) in [7, 11) is -4.25. The second kappa shape index (κ2) is 13.9. The molecule has 0 aliphatic carbocycles. The van der Waals surface area contributed by atoms with Gasteiger partial charge in [0, 0.05) is 0 Å². The highest BCUT2D eigenvalue weighted by Crippen LogP contribution is 2.37. The van der Waals surface area contributed by atoms with Crippen LogP contribution >= 0.6 is 0 Å². The van der Waals surface area contributed by atoms with Crippen molar-refractivity contribution in [2.45, 2.75) is 135 Å². The van der Waals surface area contributed by atoms with Crippen LogP contribution in [-0.4, -0.2) is 17.8 Å². The number of hydrogen-bond donors (Lipinski definition) is 2. The van der Waals surface area contributed by atoms with Gasteiger partial charge in [-0.25, -0.2) is 0 Å². The number of rotatable bonds is 18. The van der Waals surface area contributed by atoms with E-state index in [1.807, 2.05) is 13.8 Å². The molecule has 4 nitrogen and oxygen atoms in total. The van der Waals surface area contributed by atoms with Crippen molar-refractivity contribution < 1.29 is 13.0 Å². The van der Waals surface area contributed by atoms with Crippen LogP contribution in [0.25, 0.3) is 0 Å². The molecule has 0 aromatic heterocycles. The molecule has 3 N–H and O–H groups in total. The van der Waals surface area contributed by atoms with Crippen LogP contribution in [-0.2, 0) is 10.1 Å². The largest absolute Gasteiger partial charge is 0.310 e. The summed E-state index contributed by atoms with van der Waals surface area (Å²) in [4.78, 5) is -1.60. The van der Waals surface area contributed by atoms with Crippen molar-refractivity contribution in [2.75, 3.05) is 0 Å². The van der Waals surface area contributed by atoms with Gasteiger partial charge < -0.3 is 5.73 Å². The zero-order valence-corrected chi connectivity index (χ0v) is 19.4. The molecule has 0 fully saturated rings. The minimum atomic E-state index is -4.25. The Kier molecular flexibility index (Phi) is 13.9. The van der Waals surface area contributed by atoms with Crippen molar-refractivity contribution in [1.82, 2.24) is 0 Å². The van der Waals surface area contributed by atoms with Crippen molar-refractivity contribution >= 4 is 10.1 Å². The molecule has 0 saturated heterocycles.